The highest BCUT2D eigenvalue weighted by Crippen LogP contribution is 2.38. The van der Waals surface area contributed by atoms with Crippen molar-refractivity contribution < 1.29 is 0 Å². The first kappa shape index (κ1) is 8.75. The van der Waals surface area contributed by atoms with E-state index in [1.165, 1.54) is 21.9 Å². The van der Waals surface area contributed by atoms with Gasteiger partial charge in [0.1, 0.15) is 0 Å². The molecule has 2 aromatic rings. The van der Waals surface area contributed by atoms with Crippen LogP contribution in [0, 0.1) is 0 Å². The van der Waals surface area contributed by atoms with E-state index in [1.807, 2.05) is 6.07 Å². The Morgan fingerprint density at radius 3 is 2.79 bits per heavy atom. The van der Waals surface area contributed by atoms with Crippen molar-refractivity contribution in [1.82, 2.24) is 0 Å². The van der Waals surface area contributed by atoms with Gasteiger partial charge in [0.15, 0.2) is 0 Å². The molecule has 14 heavy (non-hydrogen) atoms. The first-order valence-electron chi connectivity index (χ1n) is 4.66. The van der Waals surface area contributed by atoms with Crippen LogP contribution in [0.5, 0.6) is 0 Å². The second kappa shape index (κ2) is 2.98. The molecule has 0 radical (unpaired) electrons. The third-order valence-electron chi connectivity index (χ3n) is 2.91. The average molecular weight is 268 g/mol. The third kappa shape index (κ3) is 1.06. The lowest BCUT2D eigenvalue weighted by Crippen LogP contribution is -1.81. The van der Waals surface area contributed by atoms with Crippen molar-refractivity contribution in [2.45, 2.75) is 12.8 Å². The van der Waals surface area contributed by atoms with Gasteiger partial charge < -0.3 is 0 Å². The van der Waals surface area contributed by atoms with E-state index in [-0.39, 0.29) is 0 Å². The van der Waals surface area contributed by atoms with Crippen molar-refractivity contribution in [1.29, 1.82) is 0 Å². The minimum atomic E-state index is 0.911. The van der Waals surface area contributed by atoms with Gasteiger partial charge >= 0.3 is 0 Å². The normalized spacial score (nSPS) is 13.9. The summed E-state index contributed by atoms with van der Waals surface area (Å²) in [6.07, 6.45) is 2.21. The predicted molar refractivity (Wildman–Crippen MR) is 64.1 cm³/mol. The van der Waals surface area contributed by atoms with Crippen molar-refractivity contribution >= 4 is 38.3 Å². The molecule has 0 aliphatic heterocycles. The van der Waals surface area contributed by atoms with Crippen LogP contribution < -0.4 is 0 Å². The lowest BCUT2D eigenvalue weighted by atomic mass is 10.1. The molecule has 0 fully saturated rings. The Balaban J connectivity index is 2.57. The molecule has 3 rings (SSSR count). The summed E-state index contributed by atoms with van der Waals surface area (Å²) < 4.78 is 1.16. The largest absolute Gasteiger partial charge is 0.0840 e. The van der Waals surface area contributed by atoms with E-state index < -0.39 is 0 Å². The molecule has 0 heterocycles. The Morgan fingerprint density at radius 1 is 1.07 bits per heavy atom. The molecule has 0 bridgehead atoms. The van der Waals surface area contributed by atoms with E-state index in [2.05, 4.69) is 34.1 Å². The van der Waals surface area contributed by atoms with Gasteiger partial charge in [0.05, 0.1) is 0 Å². The molecule has 2 heteroatoms. The predicted octanol–water partition coefficient (Wildman–Crippen LogP) is 4.35. The summed E-state index contributed by atoms with van der Waals surface area (Å²) in [4.78, 5) is 0. The second-order valence-electron chi connectivity index (χ2n) is 3.66. The molecular formula is C12H8BrCl. The summed E-state index contributed by atoms with van der Waals surface area (Å²) in [5.41, 5.74) is 2.75. The Morgan fingerprint density at radius 2 is 1.93 bits per heavy atom. The van der Waals surface area contributed by atoms with Crippen molar-refractivity contribution in [2.75, 3.05) is 0 Å². The first-order valence-corrected chi connectivity index (χ1v) is 5.83. The first-order chi connectivity index (χ1) is 6.77. The second-order valence-corrected chi connectivity index (χ2v) is 4.92. The molecular weight excluding hydrogens is 259 g/mol. The zero-order valence-electron chi connectivity index (χ0n) is 7.48. The maximum absolute atomic E-state index is 6.17. The topological polar surface area (TPSA) is 0 Å². The van der Waals surface area contributed by atoms with Crippen LogP contribution in [0.15, 0.2) is 28.7 Å². The maximum Gasteiger partial charge on any atom is 0.0444 e. The van der Waals surface area contributed by atoms with Crippen LogP contribution in [-0.2, 0) is 12.8 Å². The van der Waals surface area contributed by atoms with Crippen LogP contribution in [-0.4, -0.2) is 0 Å². The van der Waals surface area contributed by atoms with E-state index in [0.29, 0.717) is 0 Å². The molecule has 1 aliphatic carbocycles. The van der Waals surface area contributed by atoms with E-state index in [4.69, 9.17) is 11.6 Å². The van der Waals surface area contributed by atoms with Gasteiger partial charge in [-0.15, -0.1) is 0 Å². The number of aryl methyl sites for hydroxylation is 2. The average Bonchev–Trinajstić information content (AvgIpc) is 2.60. The van der Waals surface area contributed by atoms with Gasteiger partial charge in [0.2, 0.25) is 0 Å². The van der Waals surface area contributed by atoms with Crippen LogP contribution in [0.2, 0.25) is 5.02 Å². The van der Waals surface area contributed by atoms with Gasteiger partial charge in [-0.2, -0.15) is 0 Å². The highest BCUT2D eigenvalue weighted by Gasteiger charge is 2.17. The van der Waals surface area contributed by atoms with Crippen LogP contribution in [0.1, 0.15) is 11.1 Å². The van der Waals surface area contributed by atoms with Crippen LogP contribution in [0.25, 0.3) is 10.8 Å². The fourth-order valence-corrected chi connectivity index (χ4v) is 2.96. The van der Waals surface area contributed by atoms with Crippen molar-refractivity contribution in [3.8, 4) is 0 Å². The van der Waals surface area contributed by atoms with Crippen molar-refractivity contribution in [3.05, 3.63) is 44.9 Å². The summed E-state index contributed by atoms with van der Waals surface area (Å²) in [5.74, 6) is 0. The van der Waals surface area contributed by atoms with Crippen LogP contribution in [0.3, 0.4) is 0 Å². The van der Waals surface area contributed by atoms with E-state index in [0.717, 1.165) is 22.3 Å². The minimum Gasteiger partial charge on any atom is -0.0840 e. The highest BCUT2D eigenvalue weighted by molar-refractivity contribution is 9.10. The summed E-state index contributed by atoms with van der Waals surface area (Å²) in [6.45, 7) is 0. The number of hydrogen-bond donors (Lipinski definition) is 0. The number of rotatable bonds is 0. The zero-order chi connectivity index (χ0) is 9.71. The Kier molecular flexibility index (Phi) is 1.86. The third-order valence-corrected chi connectivity index (χ3v) is 3.95. The molecule has 0 nitrogen and oxygen atoms in total. The highest BCUT2D eigenvalue weighted by atomic mass is 79.9. The SMILES string of the molecule is Clc1ccc2c(Br)ccc3c2c1CC3. The molecule has 0 spiro atoms. The fourth-order valence-electron chi connectivity index (χ4n) is 2.25. The van der Waals surface area contributed by atoms with Gasteiger partial charge in [-0.05, 0) is 46.9 Å². The van der Waals surface area contributed by atoms with E-state index in [1.54, 1.807) is 0 Å². The monoisotopic (exact) mass is 266 g/mol. The van der Waals surface area contributed by atoms with Gasteiger partial charge in [-0.25, -0.2) is 0 Å². The molecule has 0 N–H and O–H groups in total. The Labute approximate surface area is 96.0 Å². The van der Waals surface area contributed by atoms with Crippen molar-refractivity contribution in [2.24, 2.45) is 0 Å². The molecule has 2 aromatic carbocycles. The van der Waals surface area contributed by atoms with Crippen LogP contribution >= 0.6 is 27.5 Å². The molecule has 0 aromatic heterocycles. The van der Waals surface area contributed by atoms with E-state index in [9.17, 15) is 0 Å². The smallest absolute Gasteiger partial charge is 0.0444 e. The van der Waals surface area contributed by atoms with Crippen molar-refractivity contribution in [3.63, 3.8) is 0 Å². The minimum absolute atomic E-state index is 0.911. The lowest BCUT2D eigenvalue weighted by molar-refractivity contribution is 1.02. The molecule has 0 unspecified atom stereocenters. The summed E-state index contributed by atoms with van der Waals surface area (Å²) in [6, 6.07) is 8.42. The fraction of sp³-hybridized carbons (Fsp3) is 0.167. The van der Waals surface area contributed by atoms with E-state index >= 15 is 0 Å². The summed E-state index contributed by atoms with van der Waals surface area (Å²) in [7, 11) is 0. The Bertz CT molecular complexity index is 531. The quantitative estimate of drug-likeness (QED) is 0.665. The number of hydrogen-bond acceptors (Lipinski definition) is 0. The number of halogens is 2. The van der Waals surface area contributed by atoms with Gasteiger partial charge in [-0.1, -0.05) is 39.7 Å². The lowest BCUT2D eigenvalue weighted by Gasteiger charge is -2.05. The number of benzene rings is 2. The molecule has 0 amide bonds. The molecule has 0 saturated carbocycles. The molecule has 0 atom stereocenters. The Hall–Kier alpha value is -0.530. The van der Waals surface area contributed by atoms with Gasteiger partial charge in [-0.3, -0.25) is 0 Å². The molecule has 1 aliphatic rings. The van der Waals surface area contributed by atoms with Crippen LogP contribution in [0.4, 0.5) is 0 Å². The molecule has 0 saturated heterocycles. The molecule has 70 valence electrons. The summed E-state index contributed by atoms with van der Waals surface area (Å²) in [5, 5.41) is 3.57. The zero-order valence-corrected chi connectivity index (χ0v) is 9.82. The van der Waals surface area contributed by atoms with Gasteiger partial charge in [0.25, 0.3) is 0 Å². The summed E-state index contributed by atoms with van der Waals surface area (Å²) >= 11 is 9.75. The maximum atomic E-state index is 6.17. The van der Waals surface area contributed by atoms with Gasteiger partial charge in [0, 0.05) is 9.50 Å². The standard InChI is InChI=1S/C12H8BrCl/c13-10-5-2-7-1-3-9-11(14)6-4-8(10)12(7)9/h2,4-6H,1,3H2.